The number of anilines is 3. The number of halogens is 3. The van der Waals surface area contributed by atoms with Crippen LogP contribution in [0, 0.1) is 0 Å². The van der Waals surface area contributed by atoms with Gasteiger partial charge in [0.1, 0.15) is 5.82 Å². The van der Waals surface area contributed by atoms with Gasteiger partial charge in [0.05, 0.1) is 29.0 Å². The lowest BCUT2D eigenvalue weighted by Crippen LogP contribution is -2.13. The summed E-state index contributed by atoms with van der Waals surface area (Å²) < 4.78 is 40.3. The number of benzene rings is 3. The lowest BCUT2D eigenvalue weighted by Gasteiger charge is -2.09. The van der Waals surface area contributed by atoms with Crippen molar-refractivity contribution in [3.63, 3.8) is 0 Å². The molecule has 0 saturated heterocycles. The number of amides is 1. The number of carbonyl (C=O) groups excluding carboxylic acids is 1. The van der Waals surface area contributed by atoms with E-state index in [1.807, 2.05) is 0 Å². The van der Waals surface area contributed by atoms with Crippen molar-refractivity contribution in [2.24, 2.45) is 0 Å². The molecule has 0 bridgehead atoms. The second-order valence-electron chi connectivity index (χ2n) is 7.01. The van der Waals surface area contributed by atoms with Crippen molar-refractivity contribution in [3.05, 3.63) is 83.4 Å². The van der Waals surface area contributed by atoms with Crippen molar-refractivity contribution in [2.75, 3.05) is 16.8 Å². The monoisotopic (exact) mass is 425 g/mol. The first kappa shape index (κ1) is 20.3. The van der Waals surface area contributed by atoms with Crippen LogP contribution >= 0.6 is 0 Å². The Morgan fingerprint density at radius 1 is 1.00 bits per heavy atom. The van der Waals surface area contributed by atoms with Gasteiger partial charge in [-0.3, -0.25) is 4.79 Å². The Balaban J connectivity index is 1.52. The zero-order valence-corrected chi connectivity index (χ0v) is 16.1. The largest absolute Gasteiger partial charge is 0.416 e. The van der Waals surface area contributed by atoms with Crippen LogP contribution in [0.1, 0.15) is 21.5 Å². The van der Waals surface area contributed by atoms with Crippen LogP contribution in [0.2, 0.25) is 0 Å². The molecular weight excluding hydrogens is 407 g/mol. The number of nitrogens with two attached hydrogens (primary N) is 2. The zero-order valence-electron chi connectivity index (χ0n) is 16.1. The fraction of sp³-hybridized carbons (Fsp3) is 0.0909. The molecule has 5 N–H and O–H groups in total. The van der Waals surface area contributed by atoms with E-state index in [4.69, 9.17) is 11.5 Å². The number of nitrogens with zero attached hydrogens (tertiary/aromatic N) is 2. The van der Waals surface area contributed by atoms with Crippen molar-refractivity contribution in [2.45, 2.75) is 12.7 Å². The topological polar surface area (TPSA) is 99.0 Å². The lowest BCUT2D eigenvalue weighted by molar-refractivity contribution is -0.137. The summed E-state index contributed by atoms with van der Waals surface area (Å²) in [5.74, 6) is -0.170. The second-order valence-corrected chi connectivity index (χ2v) is 7.01. The molecule has 3 aromatic carbocycles. The van der Waals surface area contributed by atoms with Gasteiger partial charge in [0.15, 0.2) is 0 Å². The summed E-state index contributed by atoms with van der Waals surface area (Å²) in [5, 5.41) is 7.27. The Hall–Kier alpha value is -4.01. The molecule has 0 aliphatic carbocycles. The fourth-order valence-corrected chi connectivity index (χ4v) is 3.19. The van der Waals surface area contributed by atoms with Crippen LogP contribution in [-0.4, -0.2) is 15.7 Å². The van der Waals surface area contributed by atoms with E-state index >= 15 is 0 Å². The molecule has 1 heterocycles. The third kappa shape index (κ3) is 4.16. The van der Waals surface area contributed by atoms with Crippen molar-refractivity contribution in [1.82, 2.24) is 9.78 Å². The number of carbonyl (C=O) groups is 1. The van der Waals surface area contributed by atoms with Crippen molar-refractivity contribution in [1.29, 1.82) is 0 Å². The predicted octanol–water partition coefficient (Wildman–Crippen LogP) is 4.52. The Bertz CT molecular complexity index is 1260. The number of alkyl halides is 3. The molecular formula is C22H18F3N5O. The van der Waals surface area contributed by atoms with E-state index in [1.165, 1.54) is 10.7 Å². The molecule has 0 aliphatic heterocycles. The molecule has 1 amide bonds. The fourth-order valence-electron chi connectivity index (χ4n) is 3.19. The van der Waals surface area contributed by atoms with Gasteiger partial charge in [-0.2, -0.15) is 18.3 Å². The number of nitrogens with one attached hydrogen (secondary N) is 1. The number of aromatic nitrogens is 2. The predicted molar refractivity (Wildman–Crippen MR) is 113 cm³/mol. The van der Waals surface area contributed by atoms with Crippen LogP contribution in [0.5, 0.6) is 0 Å². The molecule has 0 spiro atoms. The molecule has 158 valence electrons. The van der Waals surface area contributed by atoms with Crippen LogP contribution in [0.25, 0.3) is 10.9 Å². The molecule has 4 aromatic rings. The third-order valence-electron chi connectivity index (χ3n) is 4.86. The van der Waals surface area contributed by atoms with Gasteiger partial charge in [-0.15, -0.1) is 0 Å². The molecule has 0 atom stereocenters. The van der Waals surface area contributed by atoms with Gasteiger partial charge < -0.3 is 16.8 Å². The summed E-state index contributed by atoms with van der Waals surface area (Å²) in [5.41, 5.74) is 13.7. The Morgan fingerprint density at radius 2 is 1.71 bits per heavy atom. The molecule has 0 aliphatic rings. The van der Waals surface area contributed by atoms with Crippen LogP contribution in [-0.2, 0) is 12.7 Å². The minimum atomic E-state index is -4.45. The first-order chi connectivity index (χ1) is 14.7. The van der Waals surface area contributed by atoms with Gasteiger partial charge in [-0.1, -0.05) is 24.3 Å². The summed E-state index contributed by atoms with van der Waals surface area (Å²) in [7, 11) is 0. The Morgan fingerprint density at radius 3 is 2.39 bits per heavy atom. The summed E-state index contributed by atoms with van der Waals surface area (Å²) >= 11 is 0. The summed E-state index contributed by atoms with van der Waals surface area (Å²) in [6, 6.07) is 17.0. The maximum atomic E-state index is 13.0. The number of hydrogen-bond donors (Lipinski definition) is 3. The Labute approximate surface area is 175 Å². The van der Waals surface area contributed by atoms with E-state index in [1.54, 1.807) is 48.5 Å². The molecule has 0 unspecified atom stereocenters. The summed E-state index contributed by atoms with van der Waals surface area (Å²) in [6.45, 7) is 0.245. The molecule has 0 saturated carbocycles. The van der Waals surface area contributed by atoms with Crippen LogP contribution in [0.3, 0.4) is 0 Å². The van der Waals surface area contributed by atoms with Gasteiger partial charge in [0.25, 0.3) is 5.91 Å². The minimum absolute atomic E-state index is 0.141. The first-order valence-corrected chi connectivity index (χ1v) is 9.30. The normalized spacial score (nSPS) is 11.6. The van der Waals surface area contributed by atoms with Crippen molar-refractivity contribution >= 4 is 34.0 Å². The molecule has 6 nitrogen and oxygen atoms in total. The molecule has 9 heteroatoms. The number of hydrogen-bond acceptors (Lipinski definition) is 4. The summed E-state index contributed by atoms with van der Waals surface area (Å²) in [4.78, 5) is 12.4. The van der Waals surface area contributed by atoms with Crippen LogP contribution in [0.15, 0.2) is 66.7 Å². The Kier molecular flexibility index (Phi) is 5.02. The number of nitrogen functional groups attached to an aromatic ring is 2. The van der Waals surface area contributed by atoms with E-state index in [-0.39, 0.29) is 23.7 Å². The van der Waals surface area contributed by atoms with E-state index in [9.17, 15) is 18.0 Å². The summed E-state index contributed by atoms with van der Waals surface area (Å²) in [6.07, 6.45) is -4.45. The minimum Gasteiger partial charge on any atom is -0.397 e. The van der Waals surface area contributed by atoms with E-state index in [0.29, 0.717) is 22.5 Å². The lowest BCUT2D eigenvalue weighted by atomic mass is 10.1. The molecule has 0 fully saturated rings. The molecule has 0 radical (unpaired) electrons. The van der Waals surface area contributed by atoms with Gasteiger partial charge >= 0.3 is 6.18 Å². The maximum absolute atomic E-state index is 13.0. The number of fused-ring (bicyclic) bond motifs is 1. The van der Waals surface area contributed by atoms with Gasteiger partial charge in [0.2, 0.25) is 0 Å². The average Bonchev–Trinajstić information content (AvgIpc) is 3.04. The van der Waals surface area contributed by atoms with Gasteiger partial charge in [-0.05, 0) is 48.0 Å². The molecule has 4 rings (SSSR count). The van der Waals surface area contributed by atoms with Crippen molar-refractivity contribution in [3.8, 4) is 0 Å². The SMILES string of the molecule is Nc1ccccc1NC(=O)c1ccc(Cn2nc3ccc(C(F)(F)F)cc3c2N)cc1. The highest BCUT2D eigenvalue weighted by Crippen LogP contribution is 2.33. The quantitative estimate of drug-likeness (QED) is 0.419. The van der Waals surface area contributed by atoms with E-state index in [0.717, 1.165) is 17.7 Å². The highest BCUT2D eigenvalue weighted by Gasteiger charge is 2.31. The van der Waals surface area contributed by atoms with Gasteiger partial charge in [0, 0.05) is 10.9 Å². The number of rotatable bonds is 4. The smallest absolute Gasteiger partial charge is 0.397 e. The van der Waals surface area contributed by atoms with E-state index < -0.39 is 11.7 Å². The van der Waals surface area contributed by atoms with Gasteiger partial charge in [-0.25, -0.2) is 4.68 Å². The van der Waals surface area contributed by atoms with E-state index in [2.05, 4.69) is 10.4 Å². The second kappa shape index (κ2) is 7.67. The maximum Gasteiger partial charge on any atom is 0.416 e. The van der Waals surface area contributed by atoms with Crippen LogP contribution in [0.4, 0.5) is 30.4 Å². The highest BCUT2D eigenvalue weighted by molar-refractivity contribution is 6.05. The zero-order chi connectivity index (χ0) is 22.2. The number of para-hydroxylation sites is 2. The van der Waals surface area contributed by atoms with Crippen molar-refractivity contribution < 1.29 is 18.0 Å². The molecule has 31 heavy (non-hydrogen) atoms. The standard InChI is InChI=1S/C22H18F3N5O/c23-22(24,25)15-9-10-18-16(11-15)20(27)30(29-18)12-13-5-7-14(8-6-13)21(31)28-19-4-2-1-3-17(19)26/h1-11H,12,26-27H2,(H,28,31). The average molecular weight is 425 g/mol. The molecule has 1 aromatic heterocycles. The first-order valence-electron chi connectivity index (χ1n) is 9.30. The highest BCUT2D eigenvalue weighted by atomic mass is 19.4. The van der Waals surface area contributed by atoms with Crippen LogP contribution < -0.4 is 16.8 Å². The third-order valence-corrected chi connectivity index (χ3v) is 4.86.